The number of nitriles is 1. The Balaban J connectivity index is 2.03. The molecule has 3 heteroatoms. The van der Waals surface area contributed by atoms with E-state index in [0.29, 0.717) is 12.5 Å². The molecular formula is C15H21N3. The fraction of sp³-hybridized carbons (Fsp3) is 0.533. The predicted octanol–water partition coefficient (Wildman–Crippen LogP) is 2.83. The van der Waals surface area contributed by atoms with E-state index >= 15 is 0 Å². The third-order valence-electron chi connectivity index (χ3n) is 3.57. The third kappa shape index (κ3) is 3.02. The Morgan fingerprint density at radius 2 is 2.39 bits per heavy atom. The molecule has 2 N–H and O–H groups in total. The van der Waals surface area contributed by atoms with Crippen molar-refractivity contribution in [2.45, 2.75) is 45.2 Å². The standard InChI is InChI=1S/C15H21N3/c1-2-14(8-9-16)18-11-13-6-3-5-12-7-4-10-17-15(12)13/h3,5-6,14,17-18H,2,4,7-8,10-11H2,1H3. The maximum absolute atomic E-state index is 8.75. The Labute approximate surface area is 109 Å². The molecule has 18 heavy (non-hydrogen) atoms. The molecule has 0 saturated heterocycles. The van der Waals surface area contributed by atoms with Crippen molar-refractivity contribution < 1.29 is 0 Å². The zero-order chi connectivity index (χ0) is 12.8. The van der Waals surface area contributed by atoms with E-state index in [1.807, 2.05) is 0 Å². The van der Waals surface area contributed by atoms with E-state index in [4.69, 9.17) is 5.26 Å². The lowest BCUT2D eigenvalue weighted by molar-refractivity contribution is 0.505. The summed E-state index contributed by atoms with van der Waals surface area (Å²) in [5.41, 5.74) is 4.06. The molecule has 1 unspecified atom stereocenters. The van der Waals surface area contributed by atoms with Crippen molar-refractivity contribution in [1.82, 2.24) is 5.32 Å². The summed E-state index contributed by atoms with van der Waals surface area (Å²) in [5, 5.41) is 15.7. The molecule has 0 radical (unpaired) electrons. The molecule has 0 amide bonds. The van der Waals surface area contributed by atoms with Gasteiger partial charge >= 0.3 is 0 Å². The van der Waals surface area contributed by atoms with Gasteiger partial charge in [-0.05, 0) is 30.4 Å². The number of hydrogen-bond acceptors (Lipinski definition) is 3. The molecule has 1 heterocycles. The molecule has 1 aliphatic heterocycles. The van der Waals surface area contributed by atoms with E-state index in [0.717, 1.165) is 19.5 Å². The van der Waals surface area contributed by atoms with Gasteiger partial charge in [0.2, 0.25) is 0 Å². The Morgan fingerprint density at radius 3 is 3.17 bits per heavy atom. The van der Waals surface area contributed by atoms with Crippen molar-refractivity contribution in [1.29, 1.82) is 5.26 Å². The Kier molecular flexibility index (Phi) is 4.60. The van der Waals surface area contributed by atoms with Crippen LogP contribution in [0, 0.1) is 11.3 Å². The summed E-state index contributed by atoms with van der Waals surface area (Å²) in [6.07, 6.45) is 3.97. The number of nitrogens with one attached hydrogen (secondary N) is 2. The number of fused-ring (bicyclic) bond motifs is 1. The lowest BCUT2D eigenvalue weighted by Gasteiger charge is -2.22. The van der Waals surface area contributed by atoms with Gasteiger partial charge in [0, 0.05) is 24.8 Å². The lowest BCUT2D eigenvalue weighted by Crippen LogP contribution is -2.28. The minimum atomic E-state index is 0.300. The molecule has 1 aliphatic rings. The van der Waals surface area contributed by atoms with Crippen LogP contribution in [-0.4, -0.2) is 12.6 Å². The van der Waals surface area contributed by atoms with Gasteiger partial charge in [-0.25, -0.2) is 0 Å². The molecule has 0 bridgehead atoms. The minimum Gasteiger partial charge on any atom is -0.385 e. The second-order valence-electron chi connectivity index (χ2n) is 4.83. The molecule has 3 nitrogen and oxygen atoms in total. The van der Waals surface area contributed by atoms with Crippen LogP contribution in [0.4, 0.5) is 5.69 Å². The van der Waals surface area contributed by atoms with Gasteiger partial charge < -0.3 is 10.6 Å². The number of anilines is 1. The molecule has 1 atom stereocenters. The van der Waals surface area contributed by atoms with Gasteiger partial charge in [-0.3, -0.25) is 0 Å². The summed E-state index contributed by atoms with van der Waals surface area (Å²) in [7, 11) is 0. The maximum atomic E-state index is 8.75. The predicted molar refractivity (Wildman–Crippen MR) is 74.4 cm³/mol. The van der Waals surface area contributed by atoms with Gasteiger partial charge in [-0.15, -0.1) is 0 Å². The highest BCUT2D eigenvalue weighted by Gasteiger charge is 2.13. The zero-order valence-corrected chi connectivity index (χ0v) is 11.0. The van der Waals surface area contributed by atoms with Crippen LogP contribution in [-0.2, 0) is 13.0 Å². The molecule has 0 aliphatic carbocycles. The highest BCUT2D eigenvalue weighted by molar-refractivity contribution is 5.59. The summed E-state index contributed by atoms with van der Waals surface area (Å²) >= 11 is 0. The van der Waals surface area contributed by atoms with Crippen LogP contribution in [0.15, 0.2) is 18.2 Å². The third-order valence-corrected chi connectivity index (χ3v) is 3.57. The first-order valence-electron chi connectivity index (χ1n) is 6.80. The quantitative estimate of drug-likeness (QED) is 0.836. The smallest absolute Gasteiger partial charge is 0.0638 e. The number of aryl methyl sites for hydroxylation is 1. The molecule has 96 valence electrons. The van der Waals surface area contributed by atoms with Gasteiger partial charge in [0.1, 0.15) is 0 Å². The van der Waals surface area contributed by atoms with Crippen molar-refractivity contribution in [3.8, 4) is 6.07 Å². The van der Waals surface area contributed by atoms with Crippen molar-refractivity contribution >= 4 is 5.69 Å². The Hall–Kier alpha value is -1.53. The van der Waals surface area contributed by atoms with Gasteiger partial charge in [-0.2, -0.15) is 5.26 Å². The van der Waals surface area contributed by atoms with E-state index in [1.165, 1.54) is 29.7 Å². The van der Waals surface area contributed by atoms with E-state index in [2.05, 4.69) is 41.8 Å². The molecule has 1 aromatic carbocycles. The second-order valence-corrected chi connectivity index (χ2v) is 4.83. The number of hydrogen-bond donors (Lipinski definition) is 2. The molecule has 0 saturated carbocycles. The molecule has 0 spiro atoms. The molecular weight excluding hydrogens is 222 g/mol. The number of rotatable bonds is 5. The van der Waals surface area contributed by atoms with Crippen molar-refractivity contribution in [2.24, 2.45) is 0 Å². The monoisotopic (exact) mass is 243 g/mol. The van der Waals surface area contributed by atoms with E-state index in [1.54, 1.807) is 0 Å². The lowest BCUT2D eigenvalue weighted by atomic mass is 9.99. The summed E-state index contributed by atoms with van der Waals surface area (Å²) in [6.45, 7) is 4.03. The van der Waals surface area contributed by atoms with Gasteiger partial charge in [0.05, 0.1) is 12.5 Å². The maximum Gasteiger partial charge on any atom is 0.0638 e. The van der Waals surface area contributed by atoms with Crippen LogP contribution in [0.2, 0.25) is 0 Å². The normalized spacial score (nSPS) is 15.3. The fourth-order valence-electron chi connectivity index (χ4n) is 2.45. The highest BCUT2D eigenvalue weighted by atomic mass is 14.9. The summed E-state index contributed by atoms with van der Waals surface area (Å²) in [5.74, 6) is 0. The van der Waals surface area contributed by atoms with Crippen LogP contribution in [0.5, 0.6) is 0 Å². The van der Waals surface area contributed by atoms with E-state index < -0.39 is 0 Å². The first-order chi connectivity index (χ1) is 8.85. The molecule has 0 fully saturated rings. The Morgan fingerprint density at radius 1 is 1.50 bits per heavy atom. The van der Waals surface area contributed by atoms with Crippen LogP contribution >= 0.6 is 0 Å². The number of para-hydroxylation sites is 1. The van der Waals surface area contributed by atoms with Crippen LogP contribution in [0.25, 0.3) is 0 Å². The molecule has 0 aromatic heterocycles. The van der Waals surface area contributed by atoms with Crippen molar-refractivity contribution in [2.75, 3.05) is 11.9 Å². The summed E-state index contributed by atoms with van der Waals surface area (Å²) in [6, 6.07) is 9.05. The zero-order valence-electron chi connectivity index (χ0n) is 11.0. The van der Waals surface area contributed by atoms with Crippen LogP contribution in [0.1, 0.15) is 37.3 Å². The molecule has 1 aromatic rings. The van der Waals surface area contributed by atoms with E-state index in [-0.39, 0.29) is 0 Å². The highest BCUT2D eigenvalue weighted by Crippen LogP contribution is 2.26. The van der Waals surface area contributed by atoms with Crippen LogP contribution in [0.3, 0.4) is 0 Å². The largest absolute Gasteiger partial charge is 0.385 e. The van der Waals surface area contributed by atoms with Gasteiger partial charge in [0.15, 0.2) is 0 Å². The Bertz CT molecular complexity index is 434. The first-order valence-corrected chi connectivity index (χ1v) is 6.80. The second kappa shape index (κ2) is 6.42. The average molecular weight is 243 g/mol. The minimum absolute atomic E-state index is 0.300. The van der Waals surface area contributed by atoms with Gasteiger partial charge in [-0.1, -0.05) is 25.1 Å². The fourth-order valence-corrected chi connectivity index (χ4v) is 2.45. The molecule has 2 rings (SSSR count). The van der Waals surface area contributed by atoms with Crippen molar-refractivity contribution in [3.05, 3.63) is 29.3 Å². The first kappa shape index (κ1) is 12.9. The van der Waals surface area contributed by atoms with Crippen LogP contribution < -0.4 is 10.6 Å². The van der Waals surface area contributed by atoms with Crippen molar-refractivity contribution in [3.63, 3.8) is 0 Å². The summed E-state index contributed by atoms with van der Waals surface area (Å²) < 4.78 is 0. The summed E-state index contributed by atoms with van der Waals surface area (Å²) in [4.78, 5) is 0. The van der Waals surface area contributed by atoms with E-state index in [9.17, 15) is 0 Å². The van der Waals surface area contributed by atoms with Gasteiger partial charge in [0.25, 0.3) is 0 Å². The number of benzene rings is 1. The SMILES string of the molecule is CCC(CC#N)NCc1cccc2c1NCCC2. The topological polar surface area (TPSA) is 47.9 Å². The number of nitrogens with zero attached hydrogens (tertiary/aromatic N) is 1. The average Bonchev–Trinajstić information content (AvgIpc) is 2.43.